The zero-order chi connectivity index (χ0) is 20.3. The molecule has 1 unspecified atom stereocenters. The van der Waals surface area contributed by atoms with E-state index in [2.05, 4.69) is 0 Å². The van der Waals surface area contributed by atoms with Crippen LogP contribution in [-0.2, 0) is 19.5 Å². The molecule has 2 amide bonds. The Kier molecular flexibility index (Phi) is 6.92. The van der Waals surface area contributed by atoms with Gasteiger partial charge in [0.25, 0.3) is 0 Å². The fraction of sp³-hybridized carbons (Fsp3) is 0.875. The van der Waals surface area contributed by atoms with E-state index in [4.69, 9.17) is 14.6 Å². The van der Waals surface area contributed by atoms with Gasteiger partial charge in [-0.25, -0.2) is 23.1 Å². The van der Waals surface area contributed by atoms with E-state index in [1.54, 1.807) is 41.5 Å². The van der Waals surface area contributed by atoms with E-state index in [1.807, 2.05) is 0 Å². The third-order valence-electron chi connectivity index (χ3n) is 3.50. The van der Waals surface area contributed by atoms with E-state index < -0.39 is 39.5 Å². The van der Waals surface area contributed by atoms with Gasteiger partial charge in [0.1, 0.15) is 11.2 Å². The van der Waals surface area contributed by atoms with Crippen LogP contribution in [0.2, 0.25) is 0 Å². The molecule has 9 nitrogen and oxygen atoms in total. The number of hydrogen-bond donors (Lipinski definition) is 1. The van der Waals surface area contributed by atoms with Crippen LogP contribution in [0.1, 0.15) is 48.0 Å². The summed E-state index contributed by atoms with van der Waals surface area (Å²) in [6.07, 6.45) is -0.931. The number of sulfonamides is 1. The fourth-order valence-corrected chi connectivity index (χ4v) is 3.06. The van der Waals surface area contributed by atoms with Crippen molar-refractivity contribution in [3.8, 4) is 0 Å². The van der Waals surface area contributed by atoms with Crippen LogP contribution < -0.4 is 5.14 Å². The van der Waals surface area contributed by atoms with E-state index in [0.717, 1.165) is 0 Å². The molecule has 1 saturated heterocycles. The number of nitrogens with two attached hydrogens (primary N) is 1. The molecule has 1 aliphatic rings. The first kappa shape index (κ1) is 22.5. The highest BCUT2D eigenvalue weighted by molar-refractivity contribution is 7.89. The topological polar surface area (TPSA) is 119 Å². The Morgan fingerprint density at radius 1 is 1.00 bits per heavy atom. The van der Waals surface area contributed by atoms with Gasteiger partial charge in [-0.2, -0.15) is 0 Å². The molecule has 0 aromatic heterocycles. The van der Waals surface area contributed by atoms with Crippen LogP contribution in [-0.4, -0.2) is 73.0 Å². The summed E-state index contributed by atoms with van der Waals surface area (Å²) in [5, 5.41) is 5.09. The molecule has 0 spiro atoms. The molecule has 0 radical (unpaired) electrons. The second-order valence-corrected chi connectivity index (χ2v) is 10.1. The zero-order valence-electron chi connectivity index (χ0n) is 16.4. The lowest BCUT2D eigenvalue weighted by Gasteiger charge is -2.41. The number of ether oxygens (including phenoxy) is 2. The Bertz CT molecular complexity index is 621. The first-order chi connectivity index (χ1) is 11.6. The number of hydrogen-bond acceptors (Lipinski definition) is 6. The van der Waals surface area contributed by atoms with Gasteiger partial charge >= 0.3 is 12.2 Å². The van der Waals surface area contributed by atoms with E-state index in [1.165, 1.54) is 9.80 Å². The van der Waals surface area contributed by atoms with Crippen molar-refractivity contribution in [3.05, 3.63) is 0 Å². The Hall–Kier alpha value is -1.55. The highest BCUT2D eigenvalue weighted by atomic mass is 32.2. The van der Waals surface area contributed by atoms with Gasteiger partial charge in [0.2, 0.25) is 10.0 Å². The van der Waals surface area contributed by atoms with Gasteiger partial charge in [-0.1, -0.05) is 0 Å². The fourth-order valence-electron chi connectivity index (χ4n) is 2.46. The summed E-state index contributed by atoms with van der Waals surface area (Å²) in [6.45, 7) is 11.2. The SMILES string of the molecule is CC(C)(C)OC(=O)N1CCN(C(=O)OC(C)(C)C)C(CCS(N)(=O)=O)C1. The van der Waals surface area contributed by atoms with Gasteiger partial charge in [0, 0.05) is 19.6 Å². The summed E-state index contributed by atoms with van der Waals surface area (Å²) in [6, 6.07) is -0.524. The predicted molar refractivity (Wildman–Crippen MR) is 97.1 cm³/mol. The van der Waals surface area contributed by atoms with Crippen LogP contribution >= 0.6 is 0 Å². The number of carbonyl (C=O) groups excluding carboxylic acids is 2. The average molecular weight is 394 g/mol. The Balaban J connectivity index is 2.89. The molecular formula is C16H31N3O6S. The maximum atomic E-state index is 12.4. The second kappa shape index (κ2) is 7.99. The van der Waals surface area contributed by atoms with Gasteiger partial charge in [0.05, 0.1) is 11.8 Å². The van der Waals surface area contributed by atoms with Crippen molar-refractivity contribution >= 4 is 22.2 Å². The first-order valence-electron chi connectivity index (χ1n) is 8.55. The number of piperazine rings is 1. The van der Waals surface area contributed by atoms with E-state index >= 15 is 0 Å². The smallest absolute Gasteiger partial charge is 0.410 e. The van der Waals surface area contributed by atoms with Gasteiger partial charge in [-0.05, 0) is 48.0 Å². The molecule has 0 aliphatic carbocycles. The summed E-state index contributed by atoms with van der Waals surface area (Å²) in [4.78, 5) is 27.7. The molecule has 1 atom stereocenters. The van der Waals surface area contributed by atoms with Crippen molar-refractivity contribution in [2.75, 3.05) is 25.4 Å². The minimum atomic E-state index is -3.69. The van der Waals surface area contributed by atoms with Crippen LogP contribution in [0, 0.1) is 0 Å². The third kappa shape index (κ3) is 8.22. The third-order valence-corrected chi connectivity index (χ3v) is 4.30. The molecule has 0 aromatic rings. The summed E-state index contributed by atoms with van der Waals surface area (Å²) in [7, 11) is -3.69. The van der Waals surface area contributed by atoms with Crippen molar-refractivity contribution in [1.29, 1.82) is 0 Å². The van der Waals surface area contributed by atoms with Gasteiger partial charge in [-0.15, -0.1) is 0 Å². The molecule has 1 rings (SSSR count). The minimum Gasteiger partial charge on any atom is -0.444 e. The van der Waals surface area contributed by atoms with Crippen molar-refractivity contribution in [1.82, 2.24) is 9.80 Å². The van der Waals surface area contributed by atoms with Gasteiger partial charge < -0.3 is 19.3 Å². The average Bonchev–Trinajstić information content (AvgIpc) is 2.40. The van der Waals surface area contributed by atoms with E-state index in [0.29, 0.717) is 0 Å². The van der Waals surface area contributed by atoms with Crippen molar-refractivity contribution in [3.63, 3.8) is 0 Å². The molecule has 152 valence electrons. The van der Waals surface area contributed by atoms with Crippen LogP contribution in [0.5, 0.6) is 0 Å². The molecular weight excluding hydrogens is 362 g/mol. The number of carbonyl (C=O) groups is 2. The molecule has 10 heteroatoms. The summed E-state index contributed by atoms with van der Waals surface area (Å²) < 4.78 is 33.4. The molecule has 1 aliphatic heterocycles. The lowest BCUT2D eigenvalue weighted by atomic mass is 10.1. The summed E-state index contributed by atoms with van der Waals surface area (Å²) in [5.74, 6) is -0.293. The number of rotatable bonds is 3. The lowest BCUT2D eigenvalue weighted by molar-refractivity contribution is -0.0150. The highest BCUT2D eigenvalue weighted by Gasteiger charge is 2.36. The molecule has 26 heavy (non-hydrogen) atoms. The monoisotopic (exact) mass is 393 g/mol. The van der Waals surface area contributed by atoms with Gasteiger partial charge in [0.15, 0.2) is 0 Å². The van der Waals surface area contributed by atoms with Crippen LogP contribution in [0.15, 0.2) is 0 Å². The summed E-state index contributed by atoms with van der Waals surface area (Å²) >= 11 is 0. The van der Waals surface area contributed by atoms with Crippen LogP contribution in [0.25, 0.3) is 0 Å². The molecule has 1 heterocycles. The highest BCUT2D eigenvalue weighted by Crippen LogP contribution is 2.20. The normalized spacial score (nSPS) is 19.3. The first-order valence-corrected chi connectivity index (χ1v) is 10.3. The maximum Gasteiger partial charge on any atom is 0.410 e. The standard InChI is InChI=1S/C16H31N3O6S/c1-15(2,3)24-13(20)18-8-9-19(14(21)25-16(4,5)6)12(11-18)7-10-26(17,22)23/h12H,7-11H2,1-6H3,(H2,17,22,23). The number of amides is 2. The molecule has 2 N–H and O–H groups in total. The van der Waals surface area contributed by atoms with E-state index in [9.17, 15) is 18.0 Å². The Morgan fingerprint density at radius 2 is 1.50 bits per heavy atom. The Labute approximate surface area is 155 Å². The van der Waals surface area contributed by atoms with Crippen molar-refractivity contribution in [2.24, 2.45) is 5.14 Å². The predicted octanol–water partition coefficient (Wildman–Crippen LogP) is 1.52. The number of nitrogens with zero attached hydrogens (tertiary/aromatic N) is 2. The largest absolute Gasteiger partial charge is 0.444 e. The molecule has 0 bridgehead atoms. The van der Waals surface area contributed by atoms with Gasteiger partial charge in [-0.3, -0.25) is 0 Å². The quantitative estimate of drug-likeness (QED) is 0.776. The zero-order valence-corrected chi connectivity index (χ0v) is 17.3. The lowest BCUT2D eigenvalue weighted by Crippen LogP contribution is -2.58. The van der Waals surface area contributed by atoms with Crippen molar-refractivity contribution in [2.45, 2.75) is 65.2 Å². The van der Waals surface area contributed by atoms with Crippen LogP contribution in [0.3, 0.4) is 0 Å². The van der Waals surface area contributed by atoms with E-state index in [-0.39, 0.29) is 31.8 Å². The second-order valence-electron chi connectivity index (χ2n) is 8.41. The maximum absolute atomic E-state index is 12.4. The molecule has 1 fully saturated rings. The van der Waals surface area contributed by atoms with Crippen LogP contribution in [0.4, 0.5) is 9.59 Å². The number of primary sulfonamides is 1. The Morgan fingerprint density at radius 3 is 1.96 bits per heavy atom. The molecule has 0 saturated carbocycles. The van der Waals surface area contributed by atoms with Crippen molar-refractivity contribution < 1.29 is 27.5 Å². The minimum absolute atomic E-state index is 0.109. The molecule has 0 aromatic carbocycles. The summed E-state index contributed by atoms with van der Waals surface area (Å²) in [5.41, 5.74) is -1.32.